The maximum Gasteiger partial charge on any atom is 0.226 e. The molecule has 0 spiro atoms. The number of carbonyl (C=O) groups is 1. The summed E-state index contributed by atoms with van der Waals surface area (Å²) in [7, 11) is 0. The summed E-state index contributed by atoms with van der Waals surface area (Å²) in [5, 5.41) is 2.94. The Morgan fingerprint density at radius 1 is 1.39 bits per heavy atom. The molecule has 0 fully saturated rings. The molecule has 1 aromatic carbocycles. The second kappa shape index (κ2) is 5.53. The molecule has 0 atom stereocenters. The van der Waals surface area contributed by atoms with Crippen molar-refractivity contribution in [2.75, 3.05) is 5.32 Å². The number of anilines is 1. The van der Waals surface area contributed by atoms with Gasteiger partial charge in [0.05, 0.1) is 0 Å². The largest absolute Gasteiger partial charge is 0.326 e. The van der Waals surface area contributed by atoms with Crippen LogP contribution in [0.25, 0.3) is 0 Å². The van der Waals surface area contributed by atoms with Crippen LogP contribution in [0.4, 0.5) is 5.69 Å². The minimum Gasteiger partial charge on any atom is -0.326 e. The lowest BCUT2D eigenvalue weighted by atomic mass is 9.99. The third-order valence-electron chi connectivity index (χ3n) is 2.82. The molecule has 0 aliphatic carbocycles. The molecule has 0 unspecified atom stereocenters. The minimum absolute atomic E-state index is 0.0356. The molecule has 1 aromatic rings. The third kappa shape index (κ3) is 4.49. The molecule has 0 aliphatic rings. The summed E-state index contributed by atoms with van der Waals surface area (Å²) in [6, 6.07) is 6.18. The van der Waals surface area contributed by atoms with Gasteiger partial charge in [0.25, 0.3) is 0 Å². The van der Waals surface area contributed by atoms with Gasteiger partial charge in [0.1, 0.15) is 0 Å². The molecule has 3 N–H and O–H groups in total. The van der Waals surface area contributed by atoms with Crippen molar-refractivity contribution in [3.05, 3.63) is 29.3 Å². The summed E-state index contributed by atoms with van der Waals surface area (Å²) >= 11 is 0. The first-order chi connectivity index (χ1) is 8.19. The summed E-state index contributed by atoms with van der Waals surface area (Å²) in [5.74, 6) is 0.415. The van der Waals surface area contributed by atoms with Crippen molar-refractivity contribution in [1.82, 2.24) is 0 Å². The lowest BCUT2D eigenvalue weighted by Gasteiger charge is -2.18. The topological polar surface area (TPSA) is 55.1 Å². The Balaban J connectivity index is 2.84. The Bertz CT molecular complexity index is 431. The maximum atomic E-state index is 11.9. The summed E-state index contributed by atoms with van der Waals surface area (Å²) < 4.78 is 0. The monoisotopic (exact) mass is 248 g/mol. The highest BCUT2D eigenvalue weighted by Gasteiger charge is 2.17. The second-order valence-electron chi connectivity index (χ2n) is 5.94. The van der Waals surface area contributed by atoms with E-state index in [4.69, 9.17) is 5.73 Å². The van der Waals surface area contributed by atoms with Crippen molar-refractivity contribution in [3.63, 3.8) is 0 Å². The molecule has 0 radical (unpaired) electrons. The molecular formula is C15H24N2O. The van der Waals surface area contributed by atoms with Gasteiger partial charge in [-0.2, -0.15) is 0 Å². The van der Waals surface area contributed by atoms with E-state index >= 15 is 0 Å². The molecule has 0 aromatic heterocycles. The number of nitrogens with two attached hydrogens (primary N) is 1. The van der Waals surface area contributed by atoms with Gasteiger partial charge in [0, 0.05) is 17.6 Å². The zero-order valence-electron chi connectivity index (χ0n) is 12.0. The van der Waals surface area contributed by atoms with Crippen LogP contribution in [-0.4, -0.2) is 11.4 Å². The fourth-order valence-electron chi connectivity index (χ4n) is 1.74. The molecule has 1 rings (SSSR count). The molecule has 0 aliphatic heterocycles. The molecule has 0 bridgehead atoms. The Morgan fingerprint density at radius 2 is 2.00 bits per heavy atom. The number of hydrogen-bond acceptors (Lipinski definition) is 2. The van der Waals surface area contributed by atoms with Gasteiger partial charge < -0.3 is 11.1 Å². The molecule has 0 saturated carbocycles. The summed E-state index contributed by atoms with van der Waals surface area (Å²) in [6.45, 7) is 9.97. The van der Waals surface area contributed by atoms with Gasteiger partial charge >= 0.3 is 0 Å². The smallest absolute Gasteiger partial charge is 0.226 e. The highest BCUT2D eigenvalue weighted by molar-refractivity contribution is 5.92. The van der Waals surface area contributed by atoms with E-state index in [1.165, 1.54) is 5.56 Å². The number of aryl methyl sites for hydroxylation is 1. The van der Waals surface area contributed by atoms with Gasteiger partial charge in [-0.3, -0.25) is 4.79 Å². The quantitative estimate of drug-likeness (QED) is 0.859. The van der Waals surface area contributed by atoms with Crippen molar-refractivity contribution in [3.8, 4) is 0 Å². The van der Waals surface area contributed by atoms with Crippen molar-refractivity contribution < 1.29 is 4.79 Å². The number of nitrogens with one attached hydrogen (secondary N) is 1. The van der Waals surface area contributed by atoms with Crippen LogP contribution < -0.4 is 11.1 Å². The number of carbonyl (C=O) groups excluding carboxylic acids is 1. The number of amides is 1. The van der Waals surface area contributed by atoms with E-state index in [2.05, 4.69) is 25.2 Å². The Labute approximate surface area is 110 Å². The van der Waals surface area contributed by atoms with Gasteiger partial charge in [0.15, 0.2) is 0 Å². The SMILES string of the molecule is Cc1ccc(C(C)C)cc1NC(=O)CC(C)(C)N. The van der Waals surface area contributed by atoms with E-state index in [9.17, 15) is 4.79 Å². The zero-order valence-corrected chi connectivity index (χ0v) is 12.0. The maximum absolute atomic E-state index is 11.9. The number of benzene rings is 1. The Hall–Kier alpha value is -1.35. The van der Waals surface area contributed by atoms with Crippen LogP contribution in [0.2, 0.25) is 0 Å². The van der Waals surface area contributed by atoms with Crippen LogP contribution in [0.3, 0.4) is 0 Å². The van der Waals surface area contributed by atoms with Gasteiger partial charge in [-0.25, -0.2) is 0 Å². The summed E-state index contributed by atoms with van der Waals surface area (Å²) in [4.78, 5) is 11.9. The molecular weight excluding hydrogens is 224 g/mol. The van der Waals surface area contributed by atoms with Crippen LogP contribution >= 0.6 is 0 Å². The summed E-state index contributed by atoms with van der Waals surface area (Å²) in [5.41, 5.74) is 8.55. The van der Waals surface area contributed by atoms with E-state index in [1.807, 2.05) is 32.9 Å². The summed E-state index contributed by atoms with van der Waals surface area (Å²) in [6.07, 6.45) is 0.318. The second-order valence-corrected chi connectivity index (χ2v) is 5.94. The molecule has 0 heterocycles. The average molecular weight is 248 g/mol. The van der Waals surface area contributed by atoms with Crippen LogP contribution in [0.1, 0.15) is 51.2 Å². The average Bonchev–Trinajstić information content (AvgIpc) is 2.18. The van der Waals surface area contributed by atoms with Crippen molar-refractivity contribution in [2.45, 2.75) is 52.5 Å². The first-order valence-electron chi connectivity index (χ1n) is 6.38. The van der Waals surface area contributed by atoms with Gasteiger partial charge in [0.2, 0.25) is 5.91 Å². The van der Waals surface area contributed by atoms with Gasteiger partial charge in [-0.05, 0) is 43.9 Å². The van der Waals surface area contributed by atoms with Crippen LogP contribution in [-0.2, 0) is 4.79 Å². The lowest BCUT2D eigenvalue weighted by Crippen LogP contribution is -2.36. The van der Waals surface area contributed by atoms with E-state index in [1.54, 1.807) is 0 Å². The van der Waals surface area contributed by atoms with Gasteiger partial charge in [-0.15, -0.1) is 0 Å². The number of hydrogen-bond donors (Lipinski definition) is 2. The van der Waals surface area contributed by atoms with Gasteiger partial charge in [-0.1, -0.05) is 26.0 Å². The van der Waals surface area contributed by atoms with E-state index in [0.29, 0.717) is 12.3 Å². The van der Waals surface area contributed by atoms with Crippen molar-refractivity contribution in [1.29, 1.82) is 0 Å². The fourth-order valence-corrected chi connectivity index (χ4v) is 1.74. The predicted molar refractivity (Wildman–Crippen MR) is 76.8 cm³/mol. The predicted octanol–water partition coefficient (Wildman–Crippen LogP) is 3.18. The standard InChI is InChI=1S/C15H24N2O/c1-10(2)12-7-6-11(3)13(8-12)17-14(18)9-15(4,5)16/h6-8,10H,9,16H2,1-5H3,(H,17,18). The van der Waals surface area contributed by atoms with E-state index < -0.39 is 5.54 Å². The molecule has 18 heavy (non-hydrogen) atoms. The first kappa shape index (κ1) is 14.7. The van der Waals surface area contributed by atoms with Crippen LogP contribution in [0.5, 0.6) is 0 Å². The highest BCUT2D eigenvalue weighted by atomic mass is 16.1. The normalized spacial score (nSPS) is 11.7. The Kier molecular flexibility index (Phi) is 4.52. The highest BCUT2D eigenvalue weighted by Crippen LogP contribution is 2.22. The fraction of sp³-hybridized carbons (Fsp3) is 0.533. The lowest BCUT2D eigenvalue weighted by molar-refractivity contribution is -0.117. The van der Waals surface area contributed by atoms with E-state index in [0.717, 1.165) is 11.3 Å². The molecule has 3 nitrogen and oxygen atoms in total. The van der Waals surface area contributed by atoms with Crippen LogP contribution in [0, 0.1) is 6.92 Å². The Morgan fingerprint density at radius 3 is 2.50 bits per heavy atom. The molecule has 3 heteroatoms. The van der Waals surface area contributed by atoms with Crippen LogP contribution in [0.15, 0.2) is 18.2 Å². The number of rotatable bonds is 4. The third-order valence-corrected chi connectivity index (χ3v) is 2.82. The van der Waals surface area contributed by atoms with E-state index in [-0.39, 0.29) is 5.91 Å². The van der Waals surface area contributed by atoms with Crippen molar-refractivity contribution >= 4 is 11.6 Å². The molecule has 0 saturated heterocycles. The van der Waals surface area contributed by atoms with Crippen molar-refractivity contribution in [2.24, 2.45) is 5.73 Å². The molecule has 100 valence electrons. The molecule has 1 amide bonds. The first-order valence-corrected chi connectivity index (χ1v) is 6.38. The zero-order chi connectivity index (χ0) is 13.9. The minimum atomic E-state index is -0.479.